The van der Waals surface area contributed by atoms with Gasteiger partial charge in [0.05, 0.1) is 12.6 Å². The summed E-state index contributed by atoms with van der Waals surface area (Å²) in [4.78, 5) is 15.4. The summed E-state index contributed by atoms with van der Waals surface area (Å²) in [5.74, 6) is 0.221. The maximum atomic E-state index is 11.0. The normalized spacial score (nSPS) is 9.27. The average Bonchev–Trinajstić information content (AvgIpc) is 2.50. The van der Waals surface area contributed by atoms with Gasteiger partial charge in [-0.25, -0.2) is 9.78 Å². The summed E-state index contributed by atoms with van der Waals surface area (Å²) in [6, 6.07) is 0. The molecule has 1 aromatic heterocycles. The van der Waals surface area contributed by atoms with Crippen molar-refractivity contribution in [1.82, 2.24) is 4.98 Å². The van der Waals surface area contributed by atoms with Crippen LogP contribution < -0.4 is 5.32 Å². The molecule has 0 bridgehead atoms. The Hall–Kier alpha value is -1.10. The van der Waals surface area contributed by atoms with Gasteiger partial charge in [0.15, 0.2) is 10.7 Å². The van der Waals surface area contributed by atoms with Crippen molar-refractivity contribution in [3.63, 3.8) is 0 Å². The minimum atomic E-state index is -0.350. The topological polar surface area (TPSA) is 51.2 Å². The number of thiazole rings is 1. The first-order chi connectivity index (χ1) is 5.29. The minimum Gasteiger partial charge on any atom is -0.465 e. The van der Waals surface area contributed by atoms with E-state index in [0.29, 0.717) is 10.7 Å². The van der Waals surface area contributed by atoms with Crippen molar-refractivity contribution in [3.05, 3.63) is 10.4 Å². The third-order valence-corrected chi connectivity index (χ3v) is 1.98. The van der Waals surface area contributed by atoms with Gasteiger partial charge in [-0.05, 0) is 0 Å². The molecule has 0 unspecified atom stereocenters. The number of anilines is 1. The molecule has 5 heteroatoms. The Kier molecular flexibility index (Phi) is 2.43. The van der Waals surface area contributed by atoms with Crippen LogP contribution in [-0.2, 0) is 4.74 Å². The Morgan fingerprint density at radius 2 is 2.55 bits per heavy atom. The van der Waals surface area contributed by atoms with Gasteiger partial charge >= 0.3 is 5.97 Å². The Bertz CT molecular complexity index is 259. The number of nitrogens with zero attached hydrogens (tertiary/aromatic N) is 1. The van der Waals surface area contributed by atoms with Crippen LogP contribution in [0.3, 0.4) is 0 Å². The summed E-state index contributed by atoms with van der Waals surface area (Å²) in [6.07, 6.45) is 0. The molecule has 4 nitrogen and oxygen atoms in total. The van der Waals surface area contributed by atoms with E-state index >= 15 is 0 Å². The summed E-state index contributed by atoms with van der Waals surface area (Å²) in [6.45, 7) is 0. The molecule has 0 aliphatic heterocycles. The highest BCUT2D eigenvalue weighted by Crippen LogP contribution is 2.18. The Morgan fingerprint density at radius 1 is 1.82 bits per heavy atom. The van der Waals surface area contributed by atoms with Gasteiger partial charge in [-0.3, -0.25) is 0 Å². The van der Waals surface area contributed by atoms with E-state index in [4.69, 9.17) is 0 Å². The molecule has 1 N–H and O–H groups in total. The second-order valence-electron chi connectivity index (χ2n) is 1.77. The zero-order chi connectivity index (χ0) is 8.27. The monoisotopic (exact) mass is 172 g/mol. The third kappa shape index (κ3) is 1.48. The Morgan fingerprint density at radius 3 is 3.09 bits per heavy atom. The Balaban J connectivity index is 2.92. The SMILES string of the molecule is CNc1ncsc1C(=O)OC. The lowest BCUT2D eigenvalue weighted by Crippen LogP contribution is -2.02. The van der Waals surface area contributed by atoms with Gasteiger partial charge in [0, 0.05) is 7.05 Å². The van der Waals surface area contributed by atoms with Crippen molar-refractivity contribution in [1.29, 1.82) is 0 Å². The number of esters is 1. The maximum absolute atomic E-state index is 11.0. The highest BCUT2D eigenvalue weighted by molar-refractivity contribution is 7.12. The lowest BCUT2D eigenvalue weighted by Gasteiger charge is -1.97. The second-order valence-corrected chi connectivity index (χ2v) is 2.63. The van der Waals surface area contributed by atoms with Crippen LogP contribution in [0.15, 0.2) is 5.51 Å². The number of carbonyl (C=O) groups is 1. The quantitative estimate of drug-likeness (QED) is 0.675. The van der Waals surface area contributed by atoms with Crippen LogP contribution >= 0.6 is 11.3 Å². The molecule has 1 aromatic rings. The van der Waals surface area contributed by atoms with E-state index in [9.17, 15) is 4.79 Å². The number of rotatable bonds is 2. The molecule has 0 radical (unpaired) electrons. The summed E-state index contributed by atoms with van der Waals surface area (Å²) in [7, 11) is 3.06. The third-order valence-electron chi connectivity index (χ3n) is 1.18. The highest BCUT2D eigenvalue weighted by atomic mass is 32.1. The van der Waals surface area contributed by atoms with Crippen molar-refractivity contribution in [3.8, 4) is 0 Å². The molecular formula is C6H8N2O2S. The zero-order valence-corrected chi connectivity index (χ0v) is 7.07. The van der Waals surface area contributed by atoms with Gasteiger partial charge in [0.25, 0.3) is 0 Å². The summed E-state index contributed by atoms with van der Waals surface area (Å²) in [5, 5.41) is 2.79. The van der Waals surface area contributed by atoms with Crippen LogP contribution in [0.5, 0.6) is 0 Å². The summed E-state index contributed by atoms with van der Waals surface area (Å²) < 4.78 is 4.53. The molecule has 0 saturated carbocycles. The van der Waals surface area contributed by atoms with Gasteiger partial charge in [-0.15, -0.1) is 11.3 Å². The molecular weight excluding hydrogens is 164 g/mol. The molecule has 0 aliphatic rings. The first-order valence-electron chi connectivity index (χ1n) is 2.99. The van der Waals surface area contributed by atoms with Crippen molar-refractivity contribution in [2.45, 2.75) is 0 Å². The molecule has 0 spiro atoms. The fourth-order valence-electron chi connectivity index (χ4n) is 0.662. The van der Waals surface area contributed by atoms with Crippen LogP contribution in [0.4, 0.5) is 5.82 Å². The molecule has 1 heterocycles. The van der Waals surface area contributed by atoms with Crippen LogP contribution in [-0.4, -0.2) is 25.1 Å². The number of carbonyl (C=O) groups excluding carboxylic acids is 1. The highest BCUT2D eigenvalue weighted by Gasteiger charge is 2.12. The van der Waals surface area contributed by atoms with E-state index in [0.717, 1.165) is 0 Å². The number of hydrogen-bond acceptors (Lipinski definition) is 5. The number of nitrogens with one attached hydrogen (secondary N) is 1. The molecule has 0 fully saturated rings. The lowest BCUT2D eigenvalue weighted by molar-refractivity contribution is 0.0607. The smallest absolute Gasteiger partial charge is 0.351 e. The summed E-state index contributed by atoms with van der Waals surface area (Å²) in [5.41, 5.74) is 1.60. The molecule has 11 heavy (non-hydrogen) atoms. The van der Waals surface area contributed by atoms with Gasteiger partial charge in [0.2, 0.25) is 0 Å². The average molecular weight is 172 g/mol. The van der Waals surface area contributed by atoms with E-state index in [1.165, 1.54) is 18.4 Å². The molecule has 0 saturated heterocycles. The first kappa shape index (κ1) is 8.00. The fraction of sp³-hybridized carbons (Fsp3) is 0.333. The molecule has 60 valence electrons. The predicted molar refractivity (Wildman–Crippen MR) is 43.0 cm³/mol. The van der Waals surface area contributed by atoms with E-state index in [2.05, 4.69) is 15.0 Å². The molecule has 0 amide bonds. The lowest BCUT2D eigenvalue weighted by atomic mass is 10.5. The van der Waals surface area contributed by atoms with Crippen LogP contribution in [0, 0.1) is 0 Å². The van der Waals surface area contributed by atoms with Crippen LogP contribution in [0.2, 0.25) is 0 Å². The second kappa shape index (κ2) is 3.34. The largest absolute Gasteiger partial charge is 0.465 e. The molecule has 0 aliphatic carbocycles. The van der Waals surface area contributed by atoms with E-state index in [1.807, 2.05) is 0 Å². The fourth-order valence-corrected chi connectivity index (χ4v) is 1.37. The number of methoxy groups -OCH3 is 1. The number of hydrogen-bond donors (Lipinski definition) is 1. The molecule has 0 atom stereocenters. The van der Waals surface area contributed by atoms with E-state index in [1.54, 1.807) is 12.6 Å². The number of aromatic nitrogens is 1. The Labute approximate surface area is 68.2 Å². The minimum absolute atomic E-state index is 0.350. The predicted octanol–water partition coefficient (Wildman–Crippen LogP) is 0.971. The maximum Gasteiger partial charge on any atom is 0.351 e. The van der Waals surface area contributed by atoms with Crippen LogP contribution in [0.25, 0.3) is 0 Å². The van der Waals surface area contributed by atoms with Gasteiger partial charge in [0.1, 0.15) is 0 Å². The van der Waals surface area contributed by atoms with Crippen LogP contribution in [0.1, 0.15) is 9.67 Å². The standard InChI is InChI=1S/C6H8N2O2S/c1-7-5-4(6(9)10-2)11-3-8-5/h3,7H,1-2H3. The van der Waals surface area contributed by atoms with Crippen molar-refractivity contribution >= 4 is 23.1 Å². The molecule has 1 rings (SSSR count). The van der Waals surface area contributed by atoms with E-state index < -0.39 is 0 Å². The summed E-state index contributed by atoms with van der Waals surface area (Å²) >= 11 is 1.26. The molecule has 0 aromatic carbocycles. The van der Waals surface area contributed by atoms with Crippen molar-refractivity contribution in [2.75, 3.05) is 19.5 Å². The van der Waals surface area contributed by atoms with Gasteiger partial charge < -0.3 is 10.1 Å². The van der Waals surface area contributed by atoms with Crippen molar-refractivity contribution < 1.29 is 9.53 Å². The van der Waals surface area contributed by atoms with Gasteiger partial charge in [-0.2, -0.15) is 0 Å². The van der Waals surface area contributed by atoms with Crippen molar-refractivity contribution in [2.24, 2.45) is 0 Å². The number of ether oxygens (including phenoxy) is 1. The van der Waals surface area contributed by atoms with E-state index in [-0.39, 0.29) is 5.97 Å². The first-order valence-corrected chi connectivity index (χ1v) is 3.87. The zero-order valence-electron chi connectivity index (χ0n) is 6.25. The van der Waals surface area contributed by atoms with Gasteiger partial charge in [-0.1, -0.05) is 0 Å².